The molecule has 0 amide bonds. The first-order chi connectivity index (χ1) is 11.3. The summed E-state index contributed by atoms with van der Waals surface area (Å²) >= 11 is 1.41. The Balaban J connectivity index is 1.50. The molecule has 0 saturated heterocycles. The molecule has 2 heterocycles. The third-order valence-electron chi connectivity index (χ3n) is 2.86. The number of nitriles is 1. The average molecular weight is 324 g/mol. The smallest absolute Gasteiger partial charge is 0.276 e. The normalized spacial score (nSPS) is 10.2. The van der Waals surface area contributed by atoms with Crippen LogP contribution in [0.25, 0.3) is 11.5 Å². The van der Waals surface area contributed by atoms with Crippen LogP contribution in [0.15, 0.2) is 58.4 Å². The first-order valence-electron chi connectivity index (χ1n) is 6.85. The highest BCUT2D eigenvalue weighted by Crippen LogP contribution is 2.22. The van der Waals surface area contributed by atoms with Gasteiger partial charge in [-0.2, -0.15) is 5.26 Å². The number of hydrogen-bond donors (Lipinski definition) is 0. The topological polar surface area (TPSA) is 84.8 Å². The summed E-state index contributed by atoms with van der Waals surface area (Å²) in [5.74, 6) is 1.78. The van der Waals surface area contributed by atoms with E-state index in [9.17, 15) is 0 Å². The van der Waals surface area contributed by atoms with Crippen LogP contribution in [0.3, 0.4) is 0 Å². The minimum absolute atomic E-state index is 0.447. The molecular formula is C16H12N4O2S. The fraction of sp³-hybridized carbons (Fsp3) is 0.125. The van der Waals surface area contributed by atoms with E-state index in [2.05, 4.69) is 21.3 Å². The zero-order chi connectivity index (χ0) is 15.9. The highest BCUT2D eigenvalue weighted by molar-refractivity contribution is 7.99. The largest absolute Gasteiger partial charge is 0.493 e. The van der Waals surface area contributed by atoms with E-state index in [0.29, 0.717) is 34.8 Å². The minimum Gasteiger partial charge on any atom is -0.493 e. The van der Waals surface area contributed by atoms with Gasteiger partial charge in [0.05, 0.1) is 23.8 Å². The predicted octanol–water partition coefficient (Wildman–Crippen LogP) is 3.17. The molecule has 2 aromatic heterocycles. The molecule has 0 aliphatic carbocycles. The second-order valence-corrected chi connectivity index (χ2v) is 5.50. The van der Waals surface area contributed by atoms with Crippen LogP contribution in [-0.4, -0.2) is 27.5 Å². The third kappa shape index (κ3) is 4.08. The first kappa shape index (κ1) is 15.1. The van der Waals surface area contributed by atoms with Gasteiger partial charge in [-0.1, -0.05) is 17.8 Å². The van der Waals surface area contributed by atoms with Crippen molar-refractivity contribution in [2.45, 2.75) is 5.22 Å². The molecule has 0 atom stereocenters. The molecule has 7 heteroatoms. The number of nitrogens with zero attached hydrogens (tertiary/aromatic N) is 4. The van der Waals surface area contributed by atoms with Crippen LogP contribution in [-0.2, 0) is 0 Å². The maximum Gasteiger partial charge on any atom is 0.276 e. The van der Waals surface area contributed by atoms with Gasteiger partial charge in [0, 0.05) is 18.1 Å². The van der Waals surface area contributed by atoms with Crippen LogP contribution in [0.1, 0.15) is 5.56 Å². The standard InChI is InChI=1S/C16H12N4O2S/c17-10-12-3-1-5-14(9-12)21-7-8-23-16-20-19-15(22-16)13-4-2-6-18-11-13/h1-6,9,11H,7-8H2. The van der Waals surface area contributed by atoms with Crippen molar-refractivity contribution in [3.63, 3.8) is 0 Å². The molecule has 3 aromatic rings. The van der Waals surface area contributed by atoms with Gasteiger partial charge in [0.1, 0.15) is 5.75 Å². The van der Waals surface area contributed by atoms with E-state index in [-0.39, 0.29) is 0 Å². The molecule has 3 rings (SSSR count). The van der Waals surface area contributed by atoms with Crippen molar-refractivity contribution in [1.82, 2.24) is 15.2 Å². The van der Waals surface area contributed by atoms with Gasteiger partial charge in [-0.25, -0.2) is 0 Å². The van der Waals surface area contributed by atoms with E-state index in [1.807, 2.05) is 18.2 Å². The molecule has 0 radical (unpaired) electrons. The van der Waals surface area contributed by atoms with Gasteiger partial charge in [-0.3, -0.25) is 4.98 Å². The second-order valence-electron chi connectivity index (χ2n) is 4.45. The van der Waals surface area contributed by atoms with Crippen LogP contribution >= 0.6 is 11.8 Å². The summed E-state index contributed by atoms with van der Waals surface area (Å²) in [7, 11) is 0. The molecule has 0 N–H and O–H groups in total. The molecule has 0 unspecified atom stereocenters. The summed E-state index contributed by atoms with van der Waals surface area (Å²) in [4.78, 5) is 4.02. The van der Waals surface area contributed by atoms with Crippen LogP contribution < -0.4 is 4.74 Å². The van der Waals surface area contributed by atoms with Gasteiger partial charge in [0.25, 0.3) is 5.22 Å². The van der Waals surface area contributed by atoms with Crippen LogP contribution in [0, 0.1) is 11.3 Å². The summed E-state index contributed by atoms with van der Waals surface area (Å²) in [6.07, 6.45) is 3.36. The Hall–Kier alpha value is -2.85. The molecule has 0 aliphatic heterocycles. The van der Waals surface area contributed by atoms with Gasteiger partial charge in [-0.15, -0.1) is 10.2 Å². The van der Waals surface area contributed by atoms with Crippen molar-refractivity contribution in [3.8, 4) is 23.3 Å². The molecule has 1 aromatic carbocycles. The van der Waals surface area contributed by atoms with Crippen molar-refractivity contribution < 1.29 is 9.15 Å². The Morgan fingerprint density at radius 2 is 2.17 bits per heavy atom. The number of benzene rings is 1. The van der Waals surface area contributed by atoms with Gasteiger partial charge >= 0.3 is 0 Å². The van der Waals surface area contributed by atoms with Crippen molar-refractivity contribution in [2.75, 3.05) is 12.4 Å². The fourth-order valence-electron chi connectivity index (χ4n) is 1.82. The number of thioether (sulfide) groups is 1. The van der Waals surface area contributed by atoms with Gasteiger partial charge < -0.3 is 9.15 Å². The number of rotatable bonds is 6. The summed E-state index contributed by atoms with van der Waals surface area (Å²) in [6, 6.07) is 12.8. The van der Waals surface area contributed by atoms with E-state index < -0.39 is 0 Å². The van der Waals surface area contributed by atoms with Gasteiger partial charge in [-0.05, 0) is 30.3 Å². The van der Waals surface area contributed by atoms with E-state index in [0.717, 1.165) is 5.56 Å². The molecule has 0 aliphatic rings. The molecule has 6 nitrogen and oxygen atoms in total. The number of ether oxygens (including phenoxy) is 1. The SMILES string of the molecule is N#Cc1cccc(OCCSc2nnc(-c3cccnc3)o2)c1. The van der Waals surface area contributed by atoms with Gasteiger partial charge in [0.2, 0.25) is 5.89 Å². The van der Waals surface area contributed by atoms with E-state index >= 15 is 0 Å². The van der Waals surface area contributed by atoms with Crippen molar-refractivity contribution in [3.05, 3.63) is 54.4 Å². The number of pyridine rings is 1. The van der Waals surface area contributed by atoms with Gasteiger partial charge in [0.15, 0.2) is 0 Å². The summed E-state index contributed by atoms with van der Waals surface area (Å²) in [5.41, 5.74) is 1.37. The lowest BCUT2D eigenvalue weighted by molar-refractivity contribution is 0.343. The monoisotopic (exact) mass is 324 g/mol. The lowest BCUT2D eigenvalue weighted by Crippen LogP contribution is -2.00. The Bertz CT molecular complexity index is 814. The maximum absolute atomic E-state index is 8.84. The van der Waals surface area contributed by atoms with E-state index in [1.54, 1.807) is 30.6 Å². The van der Waals surface area contributed by atoms with Crippen molar-refractivity contribution in [1.29, 1.82) is 5.26 Å². The third-order valence-corrected chi connectivity index (χ3v) is 3.64. The zero-order valence-electron chi connectivity index (χ0n) is 12.0. The van der Waals surface area contributed by atoms with Crippen molar-refractivity contribution in [2.24, 2.45) is 0 Å². The second kappa shape index (κ2) is 7.42. The van der Waals surface area contributed by atoms with E-state index in [1.165, 1.54) is 11.8 Å². The molecule has 0 fully saturated rings. The van der Waals surface area contributed by atoms with Crippen LogP contribution in [0.2, 0.25) is 0 Å². The summed E-state index contributed by atoms with van der Waals surface area (Å²) < 4.78 is 11.2. The summed E-state index contributed by atoms with van der Waals surface area (Å²) in [6.45, 7) is 0.476. The highest BCUT2D eigenvalue weighted by atomic mass is 32.2. The summed E-state index contributed by atoms with van der Waals surface area (Å²) in [5, 5.41) is 17.3. The fourth-order valence-corrected chi connectivity index (χ4v) is 2.40. The van der Waals surface area contributed by atoms with E-state index in [4.69, 9.17) is 14.4 Å². The maximum atomic E-state index is 8.84. The lowest BCUT2D eigenvalue weighted by Gasteiger charge is -2.04. The Morgan fingerprint density at radius 1 is 1.22 bits per heavy atom. The number of aromatic nitrogens is 3. The molecule has 0 saturated carbocycles. The minimum atomic E-state index is 0.447. The Kier molecular flexibility index (Phi) is 4.86. The predicted molar refractivity (Wildman–Crippen MR) is 84.9 cm³/mol. The molecule has 114 valence electrons. The van der Waals surface area contributed by atoms with Crippen molar-refractivity contribution >= 4 is 11.8 Å². The highest BCUT2D eigenvalue weighted by Gasteiger charge is 2.08. The van der Waals surface area contributed by atoms with Crippen LogP contribution in [0.4, 0.5) is 0 Å². The average Bonchev–Trinajstić information content (AvgIpc) is 3.09. The quantitative estimate of drug-likeness (QED) is 0.508. The Labute approximate surface area is 137 Å². The zero-order valence-corrected chi connectivity index (χ0v) is 12.9. The Morgan fingerprint density at radius 3 is 3.00 bits per heavy atom. The first-order valence-corrected chi connectivity index (χ1v) is 7.83. The molecule has 0 spiro atoms. The molecule has 0 bridgehead atoms. The number of hydrogen-bond acceptors (Lipinski definition) is 7. The molecular weight excluding hydrogens is 312 g/mol. The van der Waals surface area contributed by atoms with Crippen LogP contribution in [0.5, 0.6) is 5.75 Å². The molecule has 23 heavy (non-hydrogen) atoms. The lowest BCUT2D eigenvalue weighted by atomic mass is 10.2.